The summed E-state index contributed by atoms with van der Waals surface area (Å²) in [7, 11) is 6.71. The van der Waals surface area contributed by atoms with E-state index in [9.17, 15) is 20.4 Å². The van der Waals surface area contributed by atoms with E-state index >= 15 is 0 Å². The van der Waals surface area contributed by atoms with E-state index < -0.39 is 30.0 Å². The Labute approximate surface area is 851 Å². The fourth-order valence-corrected chi connectivity index (χ4v) is 20.1. The van der Waals surface area contributed by atoms with Crippen LogP contribution in [0, 0.1) is 86.9 Å². The molecule has 0 amide bonds. The molecule has 772 valence electrons. The van der Waals surface area contributed by atoms with Gasteiger partial charge < -0.3 is 87.1 Å². The van der Waals surface area contributed by atoms with Crippen molar-refractivity contribution in [2.24, 2.45) is 59.2 Å². The van der Waals surface area contributed by atoms with Crippen LogP contribution < -0.4 is 66.6 Å². The largest absolute Gasteiger partial charge is 0.508 e. The zero-order valence-corrected chi connectivity index (χ0v) is 90.6. The van der Waals surface area contributed by atoms with E-state index in [-0.39, 0.29) is 17.4 Å². The van der Waals surface area contributed by atoms with Gasteiger partial charge in [-0.3, -0.25) is 0 Å². The van der Waals surface area contributed by atoms with Crippen LogP contribution in [-0.2, 0) is 0 Å². The third-order valence-corrected chi connectivity index (χ3v) is 31.3. The summed E-state index contributed by atoms with van der Waals surface area (Å²) in [5.41, 5.74) is 16.0. The molecule has 142 heavy (non-hydrogen) atoms. The van der Waals surface area contributed by atoms with Crippen LogP contribution in [0.1, 0.15) is 273 Å². The molecule has 0 heterocycles. The summed E-state index contributed by atoms with van der Waals surface area (Å²) in [5.74, 6) is 7.86. The van der Waals surface area contributed by atoms with Crippen LogP contribution in [0.4, 0.5) is 34.1 Å². The molecule has 0 bridgehead atoms. The lowest BCUT2D eigenvalue weighted by Crippen LogP contribution is -2.48. The molecule has 4 N–H and O–H groups in total. The van der Waals surface area contributed by atoms with Gasteiger partial charge in [-0.05, 0) is 198 Å². The van der Waals surface area contributed by atoms with Gasteiger partial charge in [0.15, 0.2) is 0 Å². The Morgan fingerprint density at radius 2 is 0.444 bits per heavy atom. The molecule has 4 unspecified atom stereocenters. The van der Waals surface area contributed by atoms with Gasteiger partial charge in [-0.2, -0.15) is 0 Å². The Hall–Kier alpha value is -11.1. The first-order valence-electron chi connectivity index (χ1n) is 53.6. The van der Waals surface area contributed by atoms with Crippen molar-refractivity contribution in [3.63, 3.8) is 0 Å². The second kappa shape index (κ2) is 53.5. The van der Waals surface area contributed by atoms with Crippen molar-refractivity contribution in [3.8, 4) is 125 Å². The molecule has 1 fully saturated rings. The number of ether oxygens (including phenoxy) is 12. The number of anilines is 6. The Bertz CT molecular complexity index is 4890. The number of phenols is 2. The molecule has 10 aromatic rings. The van der Waals surface area contributed by atoms with Crippen molar-refractivity contribution >= 4 is 34.1 Å². The maximum atomic E-state index is 13.6. The fourth-order valence-electron chi connectivity index (χ4n) is 20.1. The van der Waals surface area contributed by atoms with Crippen LogP contribution in [0.3, 0.4) is 0 Å². The maximum absolute atomic E-state index is 13.6. The molecule has 10 aromatic carbocycles. The quantitative estimate of drug-likeness (QED) is 0.0280. The SMILES string of the molecule is CCC(CC)COc1cc(OC)cc(OCC(CC)CC)c1-c1ccc(N(c2ccc([C@@H]3C(O)C(C)C(C)[C@H](c4ccc(N(c5ccc(-c6c(OCC(CC)CC)cc(OC)cc6OCC(CC)CC)cc5C)c5ccc(-c6c(OCC(CC)CC)cc(OC)cc6OCC(CC)CC)cc5C)cc4O)C3O)c(O)c2)c2ccc(-c3c(OCC(CC)CC)cc(OC)cc3OCC(CC)CC)cc2C)c(C)c1. The molecule has 18 nitrogen and oxygen atoms in total. The van der Waals surface area contributed by atoms with Gasteiger partial charge in [-0.15, -0.1) is 0 Å². The molecule has 6 atom stereocenters. The number of aliphatic hydroxyl groups is 2. The summed E-state index contributed by atoms with van der Waals surface area (Å²) in [4.78, 5) is 4.38. The highest BCUT2D eigenvalue weighted by molar-refractivity contribution is 5.90. The minimum atomic E-state index is -1.32. The van der Waals surface area contributed by atoms with E-state index in [2.05, 4.69) is 221 Å². The predicted molar refractivity (Wildman–Crippen MR) is 585 cm³/mol. The predicted octanol–water partition coefficient (Wildman–Crippen LogP) is 32.4. The van der Waals surface area contributed by atoms with Crippen molar-refractivity contribution in [3.05, 3.63) is 191 Å². The lowest BCUT2D eigenvalue weighted by molar-refractivity contribution is -0.0589. The molecular weight excluding hydrogens is 1770 g/mol. The zero-order chi connectivity index (χ0) is 103. The van der Waals surface area contributed by atoms with Crippen molar-refractivity contribution < 1.29 is 77.3 Å². The maximum Gasteiger partial charge on any atom is 0.134 e. The standard InChI is InChI=1S/C124H170N2O16/c1-27-83(28-2)69-135-109-61-97(131-23)62-110(136-70-84(29-3)30-4)118(109)91-43-51-103(77(17)55-91)125(104-52-44-92(56-78(104)18)119-111(137-71-85(31-5)32-6)63-98(132-24)64-112(119)138-72-86(33-7)34-8)95-47-49-101(107(127)59-95)117-81(21)82(22)123(129)122(124(117)130)102-50-48-96(60-108(102)128)126(105-53-45-93(57-79(105)19)120-113(139-73-87(35-9)36-10)65-99(133-25)66-114(120)140-74-88(37-11)38-12)106-54-46-94(58-80(106)20)121-115(141-75-89(39-13)40-14)67-100(134-26)68-116(121)142-76-90(41-15)42-16/h43-68,81-90,117,122-124,127-130H,27-42,69-76H2,1-26H3/t81?,82?,117-,122-,123?,124?/m1/s1. The molecule has 0 aliphatic heterocycles. The Morgan fingerprint density at radius 1 is 0.246 bits per heavy atom. The smallest absolute Gasteiger partial charge is 0.134 e. The number of aliphatic hydroxyl groups excluding tert-OH is 2. The highest BCUT2D eigenvalue weighted by atomic mass is 16.5. The van der Waals surface area contributed by atoms with Crippen LogP contribution in [-0.4, -0.2) is 114 Å². The van der Waals surface area contributed by atoms with E-state index in [1.165, 1.54) is 0 Å². The minimum absolute atomic E-state index is 0.0405. The molecule has 0 aromatic heterocycles. The summed E-state index contributed by atoms with van der Waals surface area (Å²) in [6, 6.07) is 53.0. The van der Waals surface area contributed by atoms with E-state index in [4.69, 9.17) is 56.8 Å². The van der Waals surface area contributed by atoms with Gasteiger partial charge in [-0.1, -0.05) is 264 Å². The first-order chi connectivity index (χ1) is 68.6. The third kappa shape index (κ3) is 26.4. The Balaban J connectivity index is 1.07. The summed E-state index contributed by atoms with van der Waals surface area (Å²) in [6.45, 7) is 51.9. The number of hydrogen-bond donors (Lipinski definition) is 4. The molecule has 0 radical (unpaired) electrons. The first-order valence-corrected chi connectivity index (χ1v) is 53.6. The average molecular weight is 1940 g/mol. The number of methoxy groups -OCH3 is 4. The summed E-state index contributed by atoms with van der Waals surface area (Å²) in [5, 5.41) is 53.2. The van der Waals surface area contributed by atoms with Crippen molar-refractivity contribution in [2.75, 3.05) is 91.1 Å². The van der Waals surface area contributed by atoms with Crippen LogP contribution in [0.15, 0.2) is 158 Å². The van der Waals surface area contributed by atoms with E-state index in [0.29, 0.717) is 192 Å². The topological polar surface area (TPSA) is 198 Å². The highest BCUT2D eigenvalue weighted by Crippen LogP contribution is 2.57. The number of phenolic OH excluding ortho intramolecular Hbond substituents is 2. The number of aromatic hydroxyl groups is 2. The van der Waals surface area contributed by atoms with Crippen LogP contribution in [0.25, 0.3) is 44.5 Å². The van der Waals surface area contributed by atoms with Crippen molar-refractivity contribution in [1.29, 1.82) is 0 Å². The van der Waals surface area contributed by atoms with Gasteiger partial charge in [0.1, 0.15) is 80.5 Å². The molecular formula is C124H170N2O16. The van der Waals surface area contributed by atoms with E-state index in [1.807, 2.05) is 86.6 Å². The van der Waals surface area contributed by atoms with Gasteiger partial charge in [-0.25, -0.2) is 0 Å². The van der Waals surface area contributed by atoms with Crippen LogP contribution in [0.2, 0.25) is 0 Å². The molecule has 0 saturated heterocycles. The fraction of sp³-hybridized carbons (Fsp3) is 0.516. The average Bonchev–Trinajstić information content (AvgIpc) is 0.714. The van der Waals surface area contributed by atoms with Gasteiger partial charge >= 0.3 is 0 Å². The van der Waals surface area contributed by atoms with Gasteiger partial charge in [0.25, 0.3) is 0 Å². The first kappa shape index (κ1) is 111. The van der Waals surface area contributed by atoms with Crippen molar-refractivity contribution in [2.45, 2.75) is 279 Å². The number of benzene rings is 10. The van der Waals surface area contributed by atoms with Gasteiger partial charge in [0.2, 0.25) is 0 Å². The monoisotopic (exact) mass is 1940 g/mol. The van der Waals surface area contributed by atoms with Crippen molar-refractivity contribution in [1.82, 2.24) is 0 Å². The van der Waals surface area contributed by atoms with E-state index in [1.54, 1.807) is 40.6 Å². The van der Waals surface area contributed by atoms with Crippen LogP contribution in [0.5, 0.6) is 80.5 Å². The normalized spacial score (nSPS) is 15.4. The number of rotatable bonds is 56. The van der Waals surface area contributed by atoms with Gasteiger partial charge in [0.05, 0.1) is 116 Å². The second-order valence-electron chi connectivity index (χ2n) is 39.9. The van der Waals surface area contributed by atoms with Gasteiger partial charge in [0, 0.05) is 112 Å². The number of hydrogen-bond acceptors (Lipinski definition) is 18. The second-order valence-corrected chi connectivity index (χ2v) is 39.9. The molecule has 1 aliphatic rings. The number of nitrogens with zero attached hydrogens (tertiary/aromatic N) is 2. The minimum Gasteiger partial charge on any atom is -0.508 e. The molecule has 18 heteroatoms. The summed E-state index contributed by atoms with van der Waals surface area (Å²) >= 11 is 0. The summed E-state index contributed by atoms with van der Waals surface area (Å²) < 4.78 is 79.2. The molecule has 1 aliphatic carbocycles. The molecule has 0 spiro atoms. The molecule has 1 saturated carbocycles. The Morgan fingerprint density at radius 3 is 0.620 bits per heavy atom. The zero-order valence-electron chi connectivity index (χ0n) is 90.6. The van der Waals surface area contributed by atoms with E-state index in [0.717, 1.165) is 192 Å². The highest BCUT2D eigenvalue weighted by Gasteiger charge is 2.49. The number of aryl methyl sites for hydroxylation is 4. The molecule has 11 rings (SSSR count). The lowest BCUT2D eigenvalue weighted by atomic mass is 9.62. The third-order valence-electron chi connectivity index (χ3n) is 31.3. The lowest BCUT2D eigenvalue weighted by Gasteiger charge is -2.47. The Kier molecular flexibility index (Phi) is 41.9. The summed E-state index contributed by atoms with van der Waals surface area (Å²) in [6.07, 6.45) is 13.0. The van der Waals surface area contributed by atoms with Crippen LogP contribution >= 0.6 is 0 Å².